The van der Waals surface area contributed by atoms with E-state index >= 15 is 0 Å². The zero-order valence-corrected chi connectivity index (χ0v) is 14.0. The van der Waals surface area contributed by atoms with Crippen molar-refractivity contribution in [3.05, 3.63) is 41.7 Å². The normalized spacial score (nSPS) is 10.2. The first-order chi connectivity index (χ1) is 11.7. The zero-order chi connectivity index (χ0) is 17.4. The standard InChI is InChI=1S/C18H21N3O3/c1-3-5-6-9-24-17-8-7-16(10-14(17)11-19)21-13-15(12-20-21)18(22)23-4-2/h7-8,10,12-13H,3-6,9H2,1-2H3. The summed E-state index contributed by atoms with van der Waals surface area (Å²) < 4.78 is 12.1. The van der Waals surface area contributed by atoms with Crippen molar-refractivity contribution in [3.63, 3.8) is 0 Å². The van der Waals surface area contributed by atoms with Gasteiger partial charge in [0.25, 0.3) is 0 Å². The van der Waals surface area contributed by atoms with Gasteiger partial charge in [-0.25, -0.2) is 9.48 Å². The molecule has 0 aliphatic heterocycles. The van der Waals surface area contributed by atoms with Crippen LogP contribution in [0.5, 0.6) is 5.75 Å². The Labute approximate surface area is 141 Å². The first kappa shape index (κ1) is 17.5. The van der Waals surface area contributed by atoms with Gasteiger partial charge in [-0.15, -0.1) is 0 Å². The van der Waals surface area contributed by atoms with Gasteiger partial charge in [-0.1, -0.05) is 19.8 Å². The highest BCUT2D eigenvalue weighted by Crippen LogP contribution is 2.22. The quantitative estimate of drug-likeness (QED) is 0.548. The summed E-state index contributed by atoms with van der Waals surface area (Å²) in [5.74, 6) is 0.148. The number of esters is 1. The fourth-order valence-corrected chi connectivity index (χ4v) is 2.19. The third-order valence-corrected chi connectivity index (χ3v) is 3.45. The number of rotatable bonds is 8. The third kappa shape index (κ3) is 4.35. The molecule has 2 aromatic rings. The highest BCUT2D eigenvalue weighted by Gasteiger charge is 2.12. The summed E-state index contributed by atoms with van der Waals surface area (Å²) in [5, 5.41) is 13.5. The van der Waals surface area contributed by atoms with E-state index in [2.05, 4.69) is 18.1 Å². The molecule has 0 N–H and O–H groups in total. The number of nitriles is 1. The van der Waals surface area contributed by atoms with E-state index in [0.717, 1.165) is 19.3 Å². The number of unbranched alkanes of at least 4 members (excludes halogenated alkanes) is 2. The van der Waals surface area contributed by atoms with Gasteiger partial charge < -0.3 is 9.47 Å². The van der Waals surface area contributed by atoms with Crippen LogP contribution >= 0.6 is 0 Å². The monoisotopic (exact) mass is 327 g/mol. The Kier molecular flexibility index (Phi) is 6.38. The Bertz CT molecular complexity index is 731. The minimum Gasteiger partial charge on any atom is -0.492 e. The van der Waals surface area contributed by atoms with E-state index in [1.54, 1.807) is 31.3 Å². The number of aromatic nitrogens is 2. The summed E-state index contributed by atoms with van der Waals surface area (Å²) in [7, 11) is 0. The van der Waals surface area contributed by atoms with Crippen LogP contribution in [-0.2, 0) is 4.74 Å². The van der Waals surface area contributed by atoms with Gasteiger partial charge in [-0.2, -0.15) is 10.4 Å². The van der Waals surface area contributed by atoms with Gasteiger partial charge in [-0.05, 0) is 31.5 Å². The lowest BCUT2D eigenvalue weighted by atomic mass is 10.2. The summed E-state index contributed by atoms with van der Waals surface area (Å²) in [6.45, 7) is 4.79. The second kappa shape index (κ2) is 8.73. The molecule has 0 aliphatic carbocycles. The molecule has 0 saturated heterocycles. The lowest BCUT2D eigenvalue weighted by Crippen LogP contribution is -2.03. The molecule has 1 aromatic carbocycles. The molecule has 2 rings (SSSR count). The van der Waals surface area contributed by atoms with E-state index in [4.69, 9.17) is 9.47 Å². The summed E-state index contributed by atoms with van der Waals surface area (Å²) in [4.78, 5) is 11.7. The van der Waals surface area contributed by atoms with Crippen molar-refractivity contribution in [2.75, 3.05) is 13.2 Å². The Hall–Kier alpha value is -2.81. The third-order valence-electron chi connectivity index (χ3n) is 3.45. The maximum atomic E-state index is 11.7. The lowest BCUT2D eigenvalue weighted by Gasteiger charge is -2.09. The van der Waals surface area contributed by atoms with Crippen LogP contribution in [0.15, 0.2) is 30.6 Å². The molecule has 0 bridgehead atoms. The summed E-state index contributed by atoms with van der Waals surface area (Å²) in [6.07, 6.45) is 6.21. The molecule has 0 unspecified atom stereocenters. The van der Waals surface area contributed by atoms with Crippen LogP contribution < -0.4 is 4.74 Å². The molecule has 0 atom stereocenters. The topological polar surface area (TPSA) is 77.1 Å². The molecule has 6 nitrogen and oxygen atoms in total. The van der Waals surface area contributed by atoms with Crippen molar-refractivity contribution in [3.8, 4) is 17.5 Å². The first-order valence-corrected chi connectivity index (χ1v) is 8.08. The van der Waals surface area contributed by atoms with Crippen LogP contribution in [0.3, 0.4) is 0 Å². The maximum absolute atomic E-state index is 11.7. The molecule has 0 spiro atoms. The largest absolute Gasteiger partial charge is 0.492 e. The summed E-state index contributed by atoms with van der Waals surface area (Å²) in [6, 6.07) is 7.39. The molecule has 24 heavy (non-hydrogen) atoms. The molecule has 126 valence electrons. The Balaban J connectivity index is 2.14. The number of carbonyl (C=O) groups is 1. The van der Waals surface area contributed by atoms with Crippen LogP contribution in [0.2, 0.25) is 0 Å². The smallest absolute Gasteiger partial charge is 0.341 e. The molecular weight excluding hydrogens is 306 g/mol. The SMILES string of the molecule is CCCCCOc1ccc(-n2cc(C(=O)OCC)cn2)cc1C#N. The van der Waals surface area contributed by atoms with Crippen LogP contribution in [0.4, 0.5) is 0 Å². The van der Waals surface area contributed by atoms with Crippen molar-refractivity contribution in [1.29, 1.82) is 5.26 Å². The average Bonchev–Trinajstić information content (AvgIpc) is 3.09. The van der Waals surface area contributed by atoms with Crippen LogP contribution in [0, 0.1) is 11.3 Å². The summed E-state index contributed by atoms with van der Waals surface area (Å²) >= 11 is 0. The van der Waals surface area contributed by atoms with E-state index in [0.29, 0.717) is 35.8 Å². The molecular formula is C18H21N3O3. The number of benzene rings is 1. The van der Waals surface area contributed by atoms with Crippen LogP contribution in [0.25, 0.3) is 5.69 Å². The first-order valence-electron chi connectivity index (χ1n) is 8.08. The van der Waals surface area contributed by atoms with Crippen molar-refractivity contribution in [2.24, 2.45) is 0 Å². The fourth-order valence-electron chi connectivity index (χ4n) is 2.19. The van der Waals surface area contributed by atoms with Crippen molar-refractivity contribution in [2.45, 2.75) is 33.1 Å². The lowest BCUT2D eigenvalue weighted by molar-refractivity contribution is 0.0526. The molecule has 0 fully saturated rings. The maximum Gasteiger partial charge on any atom is 0.341 e. The van der Waals surface area contributed by atoms with Gasteiger partial charge in [0.05, 0.1) is 36.2 Å². The molecule has 6 heteroatoms. The molecule has 0 radical (unpaired) electrons. The predicted molar refractivity (Wildman–Crippen MR) is 89.3 cm³/mol. The highest BCUT2D eigenvalue weighted by atomic mass is 16.5. The van der Waals surface area contributed by atoms with Gasteiger partial charge in [-0.3, -0.25) is 0 Å². The minimum atomic E-state index is -0.417. The minimum absolute atomic E-state index is 0.312. The van der Waals surface area contributed by atoms with Gasteiger partial charge in [0.2, 0.25) is 0 Å². The van der Waals surface area contributed by atoms with Crippen molar-refractivity contribution in [1.82, 2.24) is 9.78 Å². The van der Waals surface area contributed by atoms with E-state index in [1.165, 1.54) is 10.9 Å². The Morgan fingerprint density at radius 1 is 1.33 bits per heavy atom. The van der Waals surface area contributed by atoms with E-state index in [9.17, 15) is 10.1 Å². The zero-order valence-electron chi connectivity index (χ0n) is 14.0. The molecule has 0 saturated carbocycles. The van der Waals surface area contributed by atoms with Gasteiger partial charge in [0.15, 0.2) is 0 Å². The molecule has 0 amide bonds. The fraction of sp³-hybridized carbons (Fsp3) is 0.389. The van der Waals surface area contributed by atoms with Gasteiger partial charge in [0.1, 0.15) is 11.8 Å². The number of carbonyl (C=O) groups excluding carboxylic acids is 1. The van der Waals surface area contributed by atoms with Crippen LogP contribution in [-0.4, -0.2) is 29.0 Å². The highest BCUT2D eigenvalue weighted by molar-refractivity contribution is 5.88. The van der Waals surface area contributed by atoms with Gasteiger partial charge in [0, 0.05) is 6.20 Å². The van der Waals surface area contributed by atoms with Gasteiger partial charge >= 0.3 is 5.97 Å². The predicted octanol–water partition coefficient (Wildman–Crippen LogP) is 3.49. The van der Waals surface area contributed by atoms with E-state index < -0.39 is 5.97 Å². The number of ether oxygens (including phenoxy) is 2. The average molecular weight is 327 g/mol. The van der Waals surface area contributed by atoms with E-state index in [-0.39, 0.29) is 0 Å². The molecule has 1 aromatic heterocycles. The molecule has 0 aliphatic rings. The number of hydrogen-bond acceptors (Lipinski definition) is 5. The second-order valence-electron chi connectivity index (χ2n) is 5.24. The van der Waals surface area contributed by atoms with Crippen molar-refractivity contribution < 1.29 is 14.3 Å². The second-order valence-corrected chi connectivity index (χ2v) is 5.24. The van der Waals surface area contributed by atoms with Crippen molar-refractivity contribution >= 4 is 5.97 Å². The summed E-state index contributed by atoms with van der Waals surface area (Å²) in [5.41, 5.74) is 1.50. The Morgan fingerprint density at radius 2 is 2.17 bits per heavy atom. The van der Waals surface area contributed by atoms with E-state index in [1.807, 2.05) is 0 Å². The van der Waals surface area contributed by atoms with Crippen LogP contribution in [0.1, 0.15) is 49.0 Å². The number of nitrogens with zero attached hydrogens (tertiary/aromatic N) is 3. The Morgan fingerprint density at radius 3 is 2.88 bits per heavy atom. The molecule has 1 heterocycles. The number of hydrogen-bond donors (Lipinski definition) is 0.